The number of phenols is 1. The van der Waals surface area contributed by atoms with Crippen LogP contribution in [0.2, 0.25) is 0 Å². The summed E-state index contributed by atoms with van der Waals surface area (Å²) < 4.78 is 5.64. The zero-order valence-corrected chi connectivity index (χ0v) is 26.2. The number of hydrogen-bond donors (Lipinski definition) is 4. The Bertz CT molecular complexity index is 1670. The molecule has 1 heterocycles. The standard InChI is InChI=1S/C34H39N3O9/c1-15-21-18(16-7-10-20(46-4)17(13-16)14-37-11-5-6-12-37)8-9-19(38)23(21)28(39)24-22(15)29(40)26-27(36(2)3)30(41)25(33(35)44)32(43)34(26,45)31(24)42/h7-10,13,15,22,24-27,29,38,40,45H,5-6,11-12,14H2,1-4H3,(H2,35,44)/t15-,22+,24?,25?,26+,27-,29-,34-/m0/s1. The molecule has 2 aromatic carbocycles. The Balaban J connectivity index is 1.50. The molecule has 4 aliphatic rings. The van der Waals surface area contributed by atoms with E-state index in [1.165, 1.54) is 25.1 Å². The van der Waals surface area contributed by atoms with E-state index in [1.807, 2.05) is 18.2 Å². The van der Waals surface area contributed by atoms with Crippen molar-refractivity contribution in [1.82, 2.24) is 9.80 Å². The van der Waals surface area contributed by atoms with Gasteiger partial charge in [0, 0.05) is 18.0 Å². The molecular weight excluding hydrogens is 594 g/mol. The number of nitrogens with zero attached hydrogens (tertiary/aromatic N) is 2. The van der Waals surface area contributed by atoms with Crippen molar-refractivity contribution >= 4 is 29.0 Å². The largest absolute Gasteiger partial charge is 0.507 e. The number of methoxy groups -OCH3 is 1. The van der Waals surface area contributed by atoms with E-state index in [0.717, 1.165) is 37.1 Å². The third-order valence-electron chi connectivity index (χ3n) is 10.7. The number of aromatic hydroxyl groups is 1. The number of hydrogen-bond acceptors (Lipinski definition) is 11. The summed E-state index contributed by atoms with van der Waals surface area (Å²) in [6.07, 6.45) is 0.523. The van der Waals surface area contributed by atoms with Crippen LogP contribution in [0.25, 0.3) is 11.1 Å². The van der Waals surface area contributed by atoms with Crippen LogP contribution >= 0.6 is 0 Å². The van der Waals surface area contributed by atoms with E-state index < -0.39 is 76.4 Å². The maximum atomic E-state index is 14.3. The van der Waals surface area contributed by atoms with Crippen molar-refractivity contribution < 1.29 is 44.0 Å². The van der Waals surface area contributed by atoms with E-state index in [-0.39, 0.29) is 11.3 Å². The van der Waals surface area contributed by atoms with E-state index in [4.69, 9.17) is 10.5 Å². The van der Waals surface area contributed by atoms with E-state index in [0.29, 0.717) is 23.4 Å². The van der Waals surface area contributed by atoms with Gasteiger partial charge in [0.1, 0.15) is 11.5 Å². The van der Waals surface area contributed by atoms with E-state index in [9.17, 15) is 39.3 Å². The van der Waals surface area contributed by atoms with E-state index in [1.54, 1.807) is 20.1 Å². The number of likely N-dealkylation sites (tertiary alicyclic amines) is 1. The van der Waals surface area contributed by atoms with Gasteiger partial charge in [0.25, 0.3) is 0 Å². The summed E-state index contributed by atoms with van der Waals surface area (Å²) in [6.45, 7) is 4.30. The maximum absolute atomic E-state index is 14.3. The van der Waals surface area contributed by atoms with Gasteiger partial charge in [0.2, 0.25) is 5.91 Å². The molecule has 12 heteroatoms. The second-order valence-corrected chi connectivity index (χ2v) is 13.3. The number of carbonyl (C=O) groups excluding carboxylic acids is 5. The number of carbonyl (C=O) groups is 5. The number of phenolic OH excluding ortho intramolecular Hbond substituents is 1. The second-order valence-electron chi connectivity index (χ2n) is 13.3. The van der Waals surface area contributed by atoms with Crippen LogP contribution in [-0.4, -0.2) is 106 Å². The molecule has 244 valence electrons. The smallest absolute Gasteiger partial charge is 0.235 e. The molecule has 3 fully saturated rings. The van der Waals surface area contributed by atoms with E-state index >= 15 is 0 Å². The summed E-state index contributed by atoms with van der Waals surface area (Å²) in [5, 5.41) is 34.9. The Morgan fingerprint density at radius 2 is 1.76 bits per heavy atom. The molecule has 0 spiro atoms. The molecule has 0 aromatic heterocycles. The first kappa shape index (κ1) is 32.0. The molecule has 2 unspecified atom stereocenters. The number of rotatable bonds is 6. The van der Waals surface area contributed by atoms with Gasteiger partial charge < -0.3 is 25.8 Å². The number of aliphatic hydroxyl groups is 2. The molecule has 3 aliphatic carbocycles. The Hall–Kier alpha value is -3.97. The second kappa shape index (κ2) is 11.4. The number of fused-ring (bicyclic) bond motifs is 3. The van der Waals surface area contributed by atoms with Gasteiger partial charge in [-0.3, -0.25) is 33.8 Å². The third-order valence-corrected chi connectivity index (χ3v) is 10.7. The Kier molecular flexibility index (Phi) is 7.91. The predicted octanol–water partition coefficient (Wildman–Crippen LogP) is 0.670. The van der Waals surface area contributed by atoms with Crippen molar-refractivity contribution in [3.63, 3.8) is 0 Å². The Labute approximate surface area is 266 Å². The van der Waals surface area contributed by atoms with Crippen molar-refractivity contribution in [2.75, 3.05) is 34.3 Å². The fourth-order valence-electron chi connectivity index (χ4n) is 8.57. The molecule has 8 atom stereocenters. The minimum absolute atomic E-state index is 0.138. The van der Waals surface area contributed by atoms with Crippen molar-refractivity contribution in [3.8, 4) is 22.6 Å². The summed E-state index contributed by atoms with van der Waals surface area (Å²) in [6, 6.07) is 7.27. The van der Waals surface area contributed by atoms with Crippen LogP contribution < -0.4 is 10.5 Å². The molecule has 0 radical (unpaired) electrons. The highest BCUT2D eigenvalue weighted by Crippen LogP contribution is 2.56. The van der Waals surface area contributed by atoms with Crippen molar-refractivity contribution in [2.45, 2.75) is 50.0 Å². The quantitative estimate of drug-likeness (QED) is 0.328. The third kappa shape index (κ3) is 4.45. The molecule has 46 heavy (non-hydrogen) atoms. The number of likely N-dealkylation sites (N-methyl/N-ethyl adjacent to an activating group) is 1. The van der Waals surface area contributed by atoms with Gasteiger partial charge in [-0.25, -0.2) is 0 Å². The predicted molar refractivity (Wildman–Crippen MR) is 164 cm³/mol. The lowest BCUT2D eigenvalue weighted by Crippen LogP contribution is -2.77. The van der Waals surface area contributed by atoms with Gasteiger partial charge in [0.15, 0.2) is 34.7 Å². The maximum Gasteiger partial charge on any atom is 0.235 e. The summed E-state index contributed by atoms with van der Waals surface area (Å²) in [5.41, 5.74) is 4.89. The van der Waals surface area contributed by atoms with Crippen LogP contribution in [0, 0.1) is 23.7 Å². The molecule has 2 aromatic rings. The van der Waals surface area contributed by atoms with Gasteiger partial charge in [-0.1, -0.05) is 19.1 Å². The molecule has 6 rings (SSSR count). The zero-order valence-electron chi connectivity index (χ0n) is 26.2. The Morgan fingerprint density at radius 3 is 2.37 bits per heavy atom. The first-order valence-corrected chi connectivity index (χ1v) is 15.5. The number of ether oxygens (including phenoxy) is 1. The number of amides is 1. The number of Topliss-reactive ketones (excluding diaryl/α,β-unsaturated/α-hetero) is 4. The fourth-order valence-corrected chi connectivity index (χ4v) is 8.57. The van der Waals surface area contributed by atoms with Crippen LogP contribution in [-0.2, 0) is 25.7 Å². The van der Waals surface area contributed by atoms with Crippen LogP contribution in [0.5, 0.6) is 11.5 Å². The number of ketones is 4. The number of nitrogens with two attached hydrogens (primary N) is 1. The Morgan fingerprint density at radius 1 is 1.09 bits per heavy atom. The molecule has 0 bridgehead atoms. The fraction of sp³-hybridized carbons (Fsp3) is 0.500. The normalized spacial score (nSPS) is 32.7. The SMILES string of the molecule is COc1ccc(-c2ccc(O)c3c2[C@H](C)[C@@H]2C(C3=O)C(=O)[C@]3(O)C(=O)C(C(N)=O)C(=O)[C@@H](N(C)C)[C@@H]3[C@H]2O)cc1CN1CCCC1. The number of benzene rings is 2. The first-order valence-electron chi connectivity index (χ1n) is 15.5. The highest BCUT2D eigenvalue weighted by molar-refractivity contribution is 6.32. The molecule has 1 saturated heterocycles. The average Bonchev–Trinajstić information content (AvgIpc) is 3.52. The van der Waals surface area contributed by atoms with Crippen LogP contribution in [0.15, 0.2) is 30.3 Å². The van der Waals surface area contributed by atoms with Crippen LogP contribution in [0.4, 0.5) is 0 Å². The average molecular weight is 634 g/mol. The molecule has 1 aliphatic heterocycles. The first-order chi connectivity index (χ1) is 21.7. The number of aliphatic hydroxyl groups excluding tert-OH is 1. The lowest BCUT2D eigenvalue weighted by atomic mass is 9.49. The van der Waals surface area contributed by atoms with Crippen molar-refractivity contribution in [2.24, 2.45) is 29.4 Å². The lowest BCUT2D eigenvalue weighted by molar-refractivity contribution is -0.196. The summed E-state index contributed by atoms with van der Waals surface area (Å²) in [4.78, 5) is 71.5. The van der Waals surface area contributed by atoms with Crippen molar-refractivity contribution in [1.29, 1.82) is 0 Å². The van der Waals surface area contributed by atoms with Crippen LogP contribution in [0.1, 0.15) is 47.2 Å². The molecular formula is C34H39N3O9. The van der Waals surface area contributed by atoms with Gasteiger partial charge in [-0.15, -0.1) is 0 Å². The topological polar surface area (TPSA) is 188 Å². The van der Waals surface area contributed by atoms with Crippen molar-refractivity contribution in [3.05, 3.63) is 47.0 Å². The molecule has 5 N–H and O–H groups in total. The van der Waals surface area contributed by atoms with Gasteiger partial charge >= 0.3 is 0 Å². The minimum Gasteiger partial charge on any atom is -0.507 e. The number of primary amides is 1. The molecule has 1 amide bonds. The van der Waals surface area contributed by atoms with Gasteiger partial charge in [0.05, 0.1) is 36.7 Å². The molecule has 2 saturated carbocycles. The summed E-state index contributed by atoms with van der Waals surface area (Å²) in [7, 11) is 4.52. The monoisotopic (exact) mass is 633 g/mol. The van der Waals surface area contributed by atoms with Gasteiger partial charge in [-0.05, 0) is 80.8 Å². The van der Waals surface area contributed by atoms with E-state index in [2.05, 4.69) is 4.90 Å². The summed E-state index contributed by atoms with van der Waals surface area (Å²) in [5.74, 6) is -12.9. The highest BCUT2D eigenvalue weighted by atomic mass is 16.5. The summed E-state index contributed by atoms with van der Waals surface area (Å²) >= 11 is 0. The van der Waals surface area contributed by atoms with Crippen LogP contribution in [0.3, 0.4) is 0 Å². The molecule has 12 nitrogen and oxygen atoms in total. The zero-order chi connectivity index (χ0) is 33.4. The lowest BCUT2D eigenvalue weighted by Gasteiger charge is -2.56. The van der Waals surface area contributed by atoms with Gasteiger partial charge in [-0.2, -0.15) is 0 Å². The highest BCUT2D eigenvalue weighted by Gasteiger charge is 2.73. The minimum atomic E-state index is -3.04.